The number of carboxylic acid groups (broad SMARTS) is 1. The molecule has 0 aliphatic carbocycles. The lowest BCUT2D eigenvalue weighted by molar-refractivity contribution is -0.137. The Bertz CT molecular complexity index is 901. The number of aryl methyl sites for hydroxylation is 1. The Hall–Kier alpha value is -2.95. The summed E-state index contributed by atoms with van der Waals surface area (Å²) in [4.78, 5) is 28.0. The third kappa shape index (κ3) is 3.13. The van der Waals surface area contributed by atoms with Gasteiger partial charge in [-0.25, -0.2) is 4.98 Å². The lowest BCUT2D eigenvalue weighted by Gasteiger charge is -2.12. The van der Waals surface area contributed by atoms with Crippen LogP contribution in [0.15, 0.2) is 59.4 Å². The number of nitrogens with zero attached hydrogens (tertiary/aromatic N) is 2. The van der Waals surface area contributed by atoms with Crippen molar-refractivity contribution in [2.75, 3.05) is 0 Å². The topological polar surface area (TPSA) is 72.2 Å². The largest absolute Gasteiger partial charge is 0.481 e. The number of para-hydroxylation sites is 2. The van der Waals surface area contributed by atoms with Gasteiger partial charge in [0.25, 0.3) is 5.56 Å². The van der Waals surface area contributed by atoms with E-state index in [2.05, 4.69) is 4.98 Å². The molecule has 0 amide bonds. The van der Waals surface area contributed by atoms with Crippen LogP contribution in [-0.4, -0.2) is 20.6 Å². The molecule has 0 radical (unpaired) electrons. The summed E-state index contributed by atoms with van der Waals surface area (Å²) in [6.07, 6.45) is 0.432. The second-order valence-electron chi connectivity index (χ2n) is 5.27. The normalized spacial score (nSPS) is 10.8. The highest BCUT2D eigenvalue weighted by molar-refractivity contribution is 5.77. The van der Waals surface area contributed by atoms with E-state index in [1.807, 2.05) is 54.6 Å². The maximum atomic E-state index is 12.8. The van der Waals surface area contributed by atoms with Gasteiger partial charge < -0.3 is 9.67 Å². The molecule has 1 N–H and O–H groups in total. The van der Waals surface area contributed by atoms with Crippen LogP contribution in [0.3, 0.4) is 0 Å². The van der Waals surface area contributed by atoms with E-state index in [0.29, 0.717) is 18.7 Å². The van der Waals surface area contributed by atoms with Gasteiger partial charge in [0.05, 0.1) is 11.0 Å². The highest BCUT2D eigenvalue weighted by Gasteiger charge is 2.12. The van der Waals surface area contributed by atoms with Crippen LogP contribution in [0.2, 0.25) is 0 Å². The first-order valence-electron chi connectivity index (χ1n) is 7.43. The van der Waals surface area contributed by atoms with Gasteiger partial charge in [0.2, 0.25) is 0 Å². The summed E-state index contributed by atoms with van der Waals surface area (Å²) in [6.45, 7) is 0.355. The van der Waals surface area contributed by atoms with Crippen molar-refractivity contribution >= 4 is 17.0 Å². The van der Waals surface area contributed by atoms with Crippen molar-refractivity contribution in [3.05, 3.63) is 65.0 Å². The van der Waals surface area contributed by atoms with Crippen LogP contribution in [0.25, 0.3) is 22.3 Å². The molecular weight excluding hydrogens is 292 g/mol. The minimum atomic E-state index is -0.861. The van der Waals surface area contributed by atoms with E-state index in [4.69, 9.17) is 5.11 Å². The maximum absolute atomic E-state index is 12.8. The third-order valence-electron chi connectivity index (χ3n) is 3.67. The number of aromatic nitrogens is 2. The number of hydrogen-bond acceptors (Lipinski definition) is 3. The molecule has 0 spiro atoms. The second-order valence-corrected chi connectivity index (χ2v) is 5.27. The summed E-state index contributed by atoms with van der Waals surface area (Å²) in [5, 5.41) is 8.81. The molecule has 0 atom stereocenters. The standard InChI is InChI=1S/C18H16N2O3/c21-16(22)11-6-12-20-15-10-5-4-9-14(15)19-17(18(20)23)13-7-2-1-3-8-13/h1-5,7-10H,6,11-12H2,(H,21,22). The van der Waals surface area contributed by atoms with Crippen LogP contribution in [0.1, 0.15) is 12.8 Å². The molecule has 5 nitrogen and oxygen atoms in total. The van der Waals surface area contributed by atoms with Gasteiger partial charge in [-0.1, -0.05) is 42.5 Å². The molecule has 0 saturated carbocycles. The Morgan fingerprint density at radius 3 is 2.48 bits per heavy atom. The molecule has 0 bridgehead atoms. The molecule has 5 heteroatoms. The summed E-state index contributed by atoms with van der Waals surface area (Å²) in [5.41, 5.74) is 2.40. The molecule has 2 aromatic carbocycles. The average Bonchev–Trinajstić information content (AvgIpc) is 2.57. The molecule has 23 heavy (non-hydrogen) atoms. The Labute approximate surface area is 132 Å². The van der Waals surface area contributed by atoms with E-state index >= 15 is 0 Å². The first-order valence-corrected chi connectivity index (χ1v) is 7.43. The molecule has 1 heterocycles. The van der Waals surface area contributed by atoms with Crippen LogP contribution >= 0.6 is 0 Å². The van der Waals surface area contributed by atoms with Crippen molar-refractivity contribution in [1.29, 1.82) is 0 Å². The Morgan fingerprint density at radius 2 is 1.74 bits per heavy atom. The predicted molar refractivity (Wildman–Crippen MR) is 88.3 cm³/mol. The van der Waals surface area contributed by atoms with Gasteiger partial charge in [0.1, 0.15) is 5.69 Å². The fourth-order valence-electron chi connectivity index (χ4n) is 2.59. The third-order valence-corrected chi connectivity index (χ3v) is 3.67. The first kappa shape index (κ1) is 15.0. The number of aliphatic carboxylic acids is 1. The van der Waals surface area contributed by atoms with Crippen molar-refractivity contribution < 1.29 is 9.90 Å². The van der Waals surface area contributed by atoms with Gasteiger partial charge in [0.15, 0.2) is 0 Å². The zero-order valence-electron chi connectivity index (χ0n) is 12.5. The number of fused-ring (bicyclic) bond motifs is 1. The smallest absolute Gasteiger partial charge is 0.303 e. The second kappa shape index (κ2) is 6.44. The lowest BCUT2D eigenvalue weighted by Crippen LogP contribution is -2.24. The number of carboxylic acids is 1. The molecule has 1 aromatic heterocycles. The Kier molecular flexibility index (Phi) is 4.19. The van der Waals surface area contributed by atoms with E-state index in [9.17, 15) is 9.59 Å². The highest BCUT2D eigenvalue weighted by Crippen LogP contribution is 2.17. The summed E-state index contributed by atoms with van der Waals surface area (Å²) in [5.74, 6) is -0.861. The highest BCUT2D eigenvalue weighted by atomic mass is 16.4. The van der Waals surface area contributed by atoms with Gasteiger partial charge in [-0.3, -0.25) is 9.59 Å². The summed E-state index contributed by atoms with van der Waals surface area (Å²) >= 11 is 0. The molecule has 0 fully saturated rings. The number of hydrogen-bond donors (Lipinski definition) is 1. The summed E-state index contributed by atoms with van der Waals surface area (Å²) < 4.78 is 1.62. The van der Waals surface area contributed by atoms with Crippen LogP contribution in [0.4, 0.5) is 0 Å². The molecule has 0 aliphatic heterocycles. The minimum absolute atomic E-state index is 0.0315. The van der Waals surface area contributed by atoms with Crippen LogP contribution in [-0.2, 0) is 11.3 Å². The molecule has 3 rings (SSSR count). The maximum Gasteiger partial charge on any atom is 0.303 e. The minimum Gasteiger partial charge on any atom is -0.481 e. The van der Waals surface area contributed by atoms with E-state index in [1.165, 1.54) is 0 Å². The van der Waals surface area contributed by atoms with Gasteiger partial charge in [-0.15, -0.1) is 0 Å². The summed E-state index contributed by atoms with van der Waals surface area (Å²) in [7, 11) is 0. The van der Waals surface area contributed by atoms with Gasteiger partial charge in [-0.05, 0) is 18.6 Å². The van der Waals surface area contributed by atoms with E-state index < -0.39 is 5.97 Å². The molecule has 0 saturated heterocycles. The van der Waals surface area contributed by atoms with E-state index in [0.717, 1.165) is 16.6 Å². The number of carbonyl (C=O) groups is 1. The zero-order chi connectivity index (χ0) is 16.2. The molecule has 0 aliphatic rings. The van der Waals surface area contributed by atoms with Crippen molar-refractivity contribution in [3.63, 3.8) is 0 Å². The molecule has 3 aromatic rings. The van der Waals surface area contributed by atoms with Crippen LogP contribution in [0, 0.1) is 0 Å². The zero-order valence-corrected chi connectivity index (χ0v) is 12.5. The fourth-order valence-corrected chi connectivity index (χ4v) is 2.59. The predicted octanol–water partition coefficient (Wildman–Crippen LogP) is 2.93. The van der Waals surface area contributed by atoms with Crippen LogP contribution < -0.4 is 5.56 Å². The van der Waals surface area contributed by atoms with Gasteiger partial charge in [0, 0.05) is 18.5 Å². The fraction of sp³-hybridized carbons (Fsp3) is 0.167. The van der Waals surface area contributed by atoms with E-state index in [-0.39, 0.29) is 12.0 Å². The summed E-state index contributed by atoms with van der Waals surface area (Å²) in [6, 6.07) is 16.7. The van der Waals surface area contributed by atoms with Crippen molar-refractivity contribution in [1.82, 2.24) is 9.55 Å². The van der Waals surface area contributed by atoms with Gasteiger partial charge in [-0.2, -0.15) is 0 Å². The SMILES string of the molecule is O=C(O)CCCn1c(=O)c(-c2ccccc2)nc2ccccc21. The Balaban J connectivity index is 2.14. The number of benzene rings is 2. The first-order chi connectivity index (χ1) is 11.2. The molecular formula is C18H16N2O3. The molecule has 116 valence electrons. The van der Waals surface area contributed by atoms with Crippen molar-refractivity contribution in [3.8, 4) is 11.3 Å². The van der Waals surface area contributed by atoms with Crippen molar-refractivity contribution in [2.24, 2.45) is 0 Å². The Morgan fingerprint density at radius 1 is 1.04 bits per heavy atom. The monoisotopic (exact) mass is 308 g/mol. The quantitative estimate of drug-likeness (QED) is 0.786. The average molecular weight is 308 g/mol. The number of rotatable bonds is 5. The lowest BCUT2D eigenvalue weighted by atomic mass is 10.1. The molecule has 0 unspecified atom stereocenters. The van der Waals surface area contributed by atoms with E-state index in [1.54, 1.807) is 4.57 Å². The van der Waals surface area contributed by atoms with Crippen molar-refractivity contribution in [2.45, 2.75) is 19.4 Å². The van der Waals surface area contributed by atoms with Crippen LogP contribution in [0.5, 0.6) is 0 Å². The van der Waals surface area contributed by atoms with Gasteiger partial charge >= 0.3 is 5.97 Å².